The van der Waals surface area contributed by atoms with E-state index in [4.69, 9.17) is 0 Å². The Labute approximate surface area is 81.3 Å². The van der Waals surface area contributed by atoms with E-state index in [-0.39, 0.29) is 11.6 Å². The van der Waals surface area contributed by atoms with Crippen LogP contribution < -0.4 is 0 Å². The van der Waals surface area contributed by atoms with Gasteiger partial charge in [-0.05, 0) is 47.1 Å². The van der Waals surface area contributed by atoms with E-state index in [1.807, 2.05) is 0 Å². The predicted octanol–water partition coefficient (Wildman–Crippen LogP) is 2.23. The molecular weight excluding hydrogens is 162 g/mol. The minimum Gasteiger partial charge on any atom is -0.298 e. The molecule has 0 aromatic rings. The van der Waals surface area contributed by atoms with Crippen LogP contribution in [0.4, 0.5) is 0 Å². The van der Waals surface area contributed by atoms with Crippen LogP contribution in [0, 0.1) is 0 Å². The van der Waals surface area contributed by atoms with Crippen LogP contribution in [-0.4, -0.2) is 28.8 Å². The van der Waals surface area contributed by atoms with Crippen molar-refractivity contribution in [2.45, 2.75) is 58.5 Å². The second-order valence-corrected chi connectivity index (χ2v) is 4.99. The largest absolute Gasteiger partial charge is 0.298 e. The summed E-state index contributed by atoms with van der Waals surface area (Å²) in [5.41, 5.74) is 0.136. The van der Waals surface area contributed by atoms with E-state index in [1.165, 1.54) is 12.8 Å². The zero-order chi connectivity index (χ0) is 10.1. The lowest BCUT2D eigenvalue weighted by Gasteiger charge is -2.43. The number of Topliss-reactive ketones (excluding diaryl/α,β-unsaturated/α-hetero) is 1. The molecule has 1 rings (SSSR count). The lowest BCUT2D eigenvalue weighted by atomic mass is 9.93. The molecule has 0 bridgehead atoms. The number of hydrogen-bond acceptors (Lipinski definition) is 2. The molecule has 13 heavy (non-hydrogen) atoms. The number of carbonyl (C=O) groups excluding carboxylic acids is 1. The van der Waals surface area contributed by atoms with Gasteiger partial charge in [-0.1, -0.05) is 6.42 Å². The summed E-state index contributed by atoms with van der Waals surface area (Å²) in [5.74, 6) is 0.328. The van der Waals surface area contributed by atoms with E-state index >= 15 is 0 Å². The van der Waals surface area contributed by atoms with Gasteiger partial charge < -0.3 is 0 Å². The Morgan fingerprint density at radius 3 is 2.31 bits per heavy atom. The summed E-state index contributed by atoms with van der Waals surface area (Å²) in [5, 5.41) is 0. The normalized spacial score (nSPS) is 26.0. The van der Waals surface area contributed by atoms with Crippen LogP contribution in [0.2, 0.25) is 0 Å². The van der Waals surface area contributed by atoms with Crippen molar-refractivity contribution in [2.75, 3.05) is 6.54 Å². The van der Waals surface area contributed by atoms with Crippen LogP contribution in [0.5, 0.6) is 0 Å². The molecular formula is C11H21NO. The Kier molecular flexibility index (Phi) is 3.12. The monoisotopic (exact) mass is 183 g/mol. The number of carbonyl (C=O) groups is 1. The third-order valence-electron chi connectivity index (χ3n) is 2.83. The summed E-state index contributed by atoms with van der Waals surface area (Å²) in [6, 6.07) is 0.175. The first-order valence-corrected chi connectivity index (χ1v) is 5.20. The topological polar surface area (TPSA) is 20.3 Å². The molecule has 1 unspecified atom stereocenters. The summed E-state index contributed by atoms with van der Waals surface area (Å²) in [6.45, 7) is 9.36. The fraction of sp³-hybridized carbons (Fsp3) is 0.909. The standard InChI is InChI=1S/C11H21NO/c1-9(13)10-7-5-6-8-12(10)11(2,3)4/h10H,5-8H2,1-4H3. The van der Waals surface area contributed by atoms with E-state index in [1.54, 1.807) is 6.92 Å². The Morgan fingerprint density at radius 1 is 1.31 bits per heavy atom. The van der Waals surface area contributed by atoms with Gasteiger partial charge in [0.1, 0.15) is 5.78 Å². The molecule has 0 aromatic heterocycles. The maximum atomic E-state index is 11.4. The zero-order valence-electron chi connectivity index (χ0n) is 9.26. The fourth-order valence-corrected chi connectivity index (χ4v) is 2.16. The Hall–Kier alpha value is -0.370. The molecule has 1 fully saturated rings. The van der Waals surface area contributed by atoms with Crippen molar-refractivity contribution in [1.82, 2.24) is 4.90 Å². The average Bonchev–Trinajstić information content (AvgIpc) is 2.03. The molecule has 0 aromatic carbocycles. The van der Waals surface area contributed by atoms with Crippen molar-refractivity contribution in [3.63, 3.8) is 0 Å². The maximum absolute atomic E-state index is 11.4. The highest BCUT2D eigenvalue weighted by Crippen LogP contribution is 2.25. The first-order valence-electron chi connectivity index (χ1n) is 5.20. The Bertz CT molecular complexity index is 193. The summed E-state index contributed by atoms with van der Waals surface area (Å²) in [4.78, 5) is 13.8. The van der Waals surface area contributed by atoms with E-state index < -0.39 is 0 Å². The number of likely N-dealkylation sites (tertiary alicyclic amines) is 1. The molecule has 0 amide bonds. The van der Waals surface area contributed by atoms with Gasteiger partial charge in [-0.2, -0.15) is 0 Å². The highest BCUT2D eigenvalue weighted by atomic mass is 16.1. The highest BCUT2D eigenvalue weighted by molar-refractivity contribution is 5.81. The zero-order valence-corrected chi connectivity index (χ0v) is 9.26. The number of hydrogen-bond donors (Lipinski definition) is 0. The molecule has 1 atom stereocenters. The summed E-state index contributed by atoms with van der Waals surface area (Å²) >= 11 is 0. The van der Waals surface area contributed by atoms with Crippen molar-refractivity contribution in [3.8, 4) is 0 Å². The average molecular weight is 183 g/mol. The van der Waals surface area contributed by atoms with Gasteiger partial charge in [0.05, 0.1) is 6.04 Å². The molecule has 1 saturated heterocycles. The lowest BCUT2D eigenvalue weighted by molar-refractivity contribution is -0.125. The number of rotatable bonds is 1. The van der Waals surface area contributed by atoms with E-state index in [9.17, 15) is 4.79 Å². The van der Waals surface area contributed by atoms with Crippen molar-refractivity contribution >= 4 is 5.78 Å². The molecule has 2 heteroatoms. The summed E-state index contributed by atoms with van der Waals surface area (Å²) in [6.07, 6.45) is 3.49. The van der Waals surface area contributed by atoms with Gasteiger partial charge in [0, 0.05) is 5.54 Å². The molecule has 0 spiro atoms. The van der Waals surface area contributed by atoms with Gasteiger partial charge in [-0.3, -0.25) is 9.69 Å². The Morgan fingerprint density at radius 2 is 1.92 bits per heavy atom. The molecule has 0 N–H and O–H groups in total. The van der Waals surface area contributed by atoms with E-state index in [2.05, 4.69) is 25.7 Å². The van der Waals surface area contributed by atoms with Gasteiger partial charge in [0.25, 0.3) is 0 Å². The van der Waals surface area contributed by atoms with Crippen molar-refractivity contribution in [2.24, 2.45) is 0 Å². The molecule has 0 radical (unpaired) electrons. The fourth-order valence-electron chi connectivity index (χ4n) is 2.16. The van der Waals surface area contributed by atoms with Crippen molar-refractivity contribution in [1.29, 1.82) is 0 Å². The molecule has 1 heterocycles. The maximum Gasteiger partial charge on any atom is 0.146 e. The van der Waals surface area contributed by atoms with E-state index in [0.29, 0.717) is 5.78 Å². The van der Waals surface area contributed by atoms with Gasteiger partial charge in [-0.15, -0.1) is 0 Å². The number of ketones is 1. The van der Waals surface area contributed by atoms with Gasteiger partial charge >= 0.3 is 0 Å². The predicted molar refractivity (Wildman–Crippen MR) is 54.8 cm³/mol. The van der Waals surface area contributed by atoms with Crippen molar-refractivity contribution < 1.29 is 4.79 Å². The molecule has 0 aliphatic carbocycles. The van der Waals surface area contributed by atoms with Crippen LogP contribution in [0.1, 0.15) is 47.0 Å². The van der Waals surface area contributed by atoms with Crippen LogP contribution in [0.25, 0.3) is 0 Å². The number of piperidine rings is 1. The third kappa shape index (κ3) is 2.53. The molecule has 2 nitrogen and oxygen atoms in total. The van der Waals surface area contributed by atoms with E-state index in [0.717, 1.165) is 13.0 Å². The molecule has 76 valence electrons. The first-order chi connectivity index (χ1) is 5.93. The lowest BCUT2D eigenvalue weighted by Crippen LogP contribution is -2.53. The summed E-state index contributed by atoms with van der Waals surface area (Å²) < 4.78 is 0. The minimum absolute atomic E-state index is 0.136. The van der Waals surface area contributed by atoms with Gasteiger partial charge in [0.15, 0.2) is 0 Å². The molecule has 1 aliphatic rings. The molecule has 0 saturated carbocycles. The first kappa shape index (κ1) is 10.7. The van der Waals surface area contributed by atoms with Gasteiger partial charge in [-0.25, -0.2) is 0 Å². The minimum atomic E-state index is 0.136. The smallest absolute Gasteiger partial charge is 0.146 e. The van der Waals surface area contributed by atoms with Crippen LogP contribution in [0.3, 0.4) is 0 Å². The molecule has 1 aliphatic heterocycles. The Balaban J connectivity index is 2.73. The SMILES string of the molecule is CC(=O)C1CCCCN1C(C)(C)C. The highest BCUT2D eigenvalue weighted by Gasteiger charge is 2.33. The van der Waals surface area contributed by atoms with Crippen molar-refractivity contribution in [3.05, 3.63) is 0 Å². The van der Waals surface area contributed by atoms with Crippen LogP contribution >= 0.6 is 0 Å². The number of nitrogens with zero attached hydrogens (tertiary/aromatic N) is 1. The summed E-state index contributed by atoms with van der Waals surface area (Å²) in [7, 11) is 0. The third-order valence-corrected chi connectivity index (χ3v) is 2.83. The van der Waals surface area contributed by atoms with Crippen LogP contribution in [0.15, 0.2) is 0 Å². The van der Waals surface area contributed by atoms with Crippen LogP contribution in [-0.2, 0) is 4.79 Å². The second kappa shape index (κ2) is 3.79. The second-order valence-electron chi connectivity index (χ2n) is 4.99. The van der Waals surface area contributed by atoms with Gasteiger partial charge in [0.2, 0.25) is 0 Å². The quantitative estimate of drug-likeness (QED) is 0.621.